The first kappa shape index (κ1) is 13.2. The summed E-state index contributed by atoms with van der Waals surface area (Å²) in [5, 5.41) is 16.3. The van der Waals surface area contributed by atoms with Crippen LogP contribution in [0.4, 0.5) is 10.3 Å². The van der Waals surface area contributed by atoms with Crippen molar-refractivity contribution in [3.63, 3.8) is 0 Å². The number of nitrogens with one attached hydrogen (secondary N) is 1. The van der Waals surface area contributed by atoms with Crippen molar-refractivity contribution in [1.29, 1.82) is 0 Å². The Morgan fingerprint density at radius 3 is 2.72 bits per heavy atom. The van der Waals surface area contributed by atoms with Crippen LogP contribution in [0.25, 0.3) is 10.7 Å². The Labute approximate surface area is 115 Å². The van der Waals surface area contributed by atoms with Crippen molar-refractivity contribution in [2.45, 2.75) is 13.8 Å². The molecule has 0 bridgehead atoms. The summed E-state index contributed by atoms with van der Waals surface area (Å²) in [5.74, 6) is 0.594. The summed E-state index contributed by atoms with van der Waals surface area (Å²) in [5.41, 5.74) is 0.902. The smallest absolute Gasteiger partial charge is 0.206 e. The van der Waals surface area contributed by atoms with Crippen LogP contribution in [-0.2, 0) is 0 Å². The molecule has 0 amide bonds. The maximum Gasteiger partial charge on any atom is 0.206 e. The lowest BCUT2D eigenvalue weighted by Crippen LogP contribution is -2.07. The van der Waals surface area contributed by atoms with Crippen LogP contribution in [0.3, 0.4) is 0 Å². The van der Waals surface area contributed by atoms with E-state index in [0.29, 0.717) is 5.92 Å². The van der Waals surface area contributed by atoms with Crippen LogP contribution in [0.15, 0.2) is 5.38 Å². The van der Waals surface area contributed by atoms with Gasteiger partial charge in [-0.1, -0.05) is 25.2 Å². The van der Waals surface area contributed by atoms with E-state index >= 15 is 0 Å². The van der Waals surface area contributed by atoms with Crippen LogP contribution in [0.5, 0.6) is 0 Å². The summed E-state index contributed by atoms with van der Waals surface area (Å²) < 4.78 is 0. The van der Waals surface area contributed by atoms with Gasteiger partial charge in [0.15, 0.2) is 10.1 Å². The van der Waals surface area contributed by atoms with E-state index in [9.17, 15) is 0 Å². The molecular weight excluding hydrogens is 266 g/mol. The van der Waals surface area contributed by atoms with E-state index < -0.39 is 0 Å². The van der Waals surface area contributed by atoms with Gasteiger partial charge in [-0.3, -0.25) is 0 Å². The number of hydrogen-bond donors (Lipinski definition) is 1. The number of nitrogens with zero attached hydrogens (tertiary/aromatic N) is 4. The minimum atomic E-state index is 0.594. The lowest BCUT2D eigenvalue weighted by molar-refractivity contribution is 0.687. The Bertz CT molecular complexity index is 503. The van der Waals surface area contributed by atoms with E-state index in [1.807, 2.05) is 24.4 Å². The first-order valence-corrected chi connectivity index (χ1v) is 7.46. The second-order valence-corrected chi connectivity index (χ2v) is 6.41. The third-order valence-electron chi connectivity index (χ3n) is 2.18. The summed E-state index contributed by atoms with van der Waals surface area (Å²) >= 11 is 3.16. The number of rotatable bonds is 5. The van der Waals surface area contributed by atoms with Crippen LogP contribution in [0, 0.1) is 5.92 Å². The van der Waals surface area contributed by atoms with Crippen molar-refractivity contribution in [3.05, 3.63) is 5.38 Å². The topological polar surface area (TPSA) is 53.9 Å². The molecule has 0 saturated carbocycles. The van der Waals surface area contributed by atoms with E-state index in [0.717, 1.165) is 27.5 Å². The Morgan fingerprint density at radius 2 is 2.11 bits per heavy atom. The van der Waals surface area contributed by atoms with Crippen molar-refractivity contribution in [1.82, 2.24) is 15.2 Å². The summed E-state index contributed by atoms with van der Waals surface area (Å²) in [6, 6.07) is 0. The minimum Gasteiger partial charge on any atom is -0.360 e. The van der Waals surface area contributed by atoms with E-state index in [1.54, 1.807) is 22.7 Å². The molecule has 0 radical (unpaired) electrons. The maximum absolute atomic E-state index is 4.51. The molecule has 98 valence electrons. The van der Waals surface area contributed by atoms with Gasteiger partial charge in [0.05, 0.1) is 0 Å². The van der Waals surface area contributed by atoms with Gasteiger partial charge in [0, 0.05) is 26.0 Å². The van der Waals surface area contributed by atoms with Gasteiger partial charge in [0.25, 0.3) is 0 Å². The van der Waals surface area contributed by atoms with Gasteiger partial charge >= 0.3 is 0 Å². The summed E-state index contributed by atoms with van der Waals surface area (Å²) in [4.78, 5) is 6.51. The molecule has 2 rings (SSSR count). The predicted octanol–water partition coefficient (Wildman–Crippen LogP) is 2.80. The highest BCUT2D eigenvalue weighted by atomic mass is 32.1. The van der Waals surface area contributed by atoms with Gasteiger partial charge in [0.1, 0.15) is 5.69 Å². The molecular formula is C11H17N5S2. The molecule has 5 nitrogen and oxygen atoms in total. The van der Waals surface area contributed by atoms with Crippen molar-refractivity contribution < 1.29 is 0 Å². The zero-order chi connectivity index (χ0) is 13.1. The zero-order valence-corrected chi connectivity index (χ0v) is 12.6. The zero-order valence-electron chi connectivity index (χ0n) is 11.0. The van der Waals surface area contributed by atoms with Crippen LogP contribution >= 0.6 is 22.7 Å². The van der Waals surface area contributed by atoms with Crippen LogP contribution < -0.4 is 10.2 Å². The Morgan fingerprint density at radius 1 is 1.33 bits per heavy atom. The second-order valence-electron chi connectivity index (χ2n) is 4.60. The van der Waals surface area contributed by atoms with Gasteiger partial charge in [-0.05, 0) is 5.92 Å². The van der Waals surface area contributed by atoms with Crippen LogP contribution in [0.2, 0.25) is 0 Å². The van der Waals surface area contributed by atoms with E-state index in [-0.39, 0.29) is 0 Å². The third-order valence-corrected chi connectivity index (χ3v) is 4.09. The van der Waals surface area contributed by atoms with Crippen molar-refractivity contribution in [3.8, 4) is 10.7 Å². The van der Waals surface area contributed by atoms with E-state index in [4.69, 9.17) is 0 Å². The molecule has 1 N–H and O–H groups in total. The molecule has 18 heavy (non-hydrogen) atoms. The Kier molecular flexibility index (Phi) is 4.13. The standard InChI is InChI=1S/C11H17N5S2/c1-7(2)5-12-10-15-14-9(18-10)8-6-17-11(13-8)16(3)4/h6-7H,5H2,1-4H3,(H,12,15). The van der Waals surface area contributed by atoms with E-state index in [1.165, 1.54) is 0 Å². The highest BCUT2D eigenvalue weighted by molar-refractivity contribution is 7.19. The number of anilines is 2. The Balaban J connectivity index is 2.08. The monoisotopic (exact) mass is 283 g/mol. The molecule has 0 saturated heterocycles. The first-order valence-electron chi connectivity index (χ1n) is 5.77. The van der Waals surface area contributed by atoms with Crippen molar-refractivity contribution in [2.75, 3.05) is 30.9 Å². The van der Waals surface area contributed by atoms with E-state index in [2.05, 4.69) is 34.3 Å². The van der Waals surface area contributed by atoms with Gasteiger partial charge < -0.3 is 10.2 Å². The Hall–Kier alpha value is -1.21. The summed E-state index contributed by atoms with van der Waals surface area (Å²) in [7, 11) is 3.97. The molecule has 0 aliphatic carbocycles. The second kappa shape index (κ2) is 5.62. The number of thiazole rings is 1. The molecule has 0 aliphatic rings. The van der Waals surface area contributed by atoms with Gasteiger partial charge in [0.2, 0.25) is 5.13 Å². The fourth-order valence-corrected chi connectivity index (χ4v) is 2.79. The molecule has 0 aliphatic heterocycles. The molecule has 0 atom stereocenters. The SMILES string of the molecule is CC(C)CNc1nnc(-c2csc(N(C)C)n2)s1. The third kappa shape index (κ3) is 3.17. The van der Waals surface area contributed by atoms with Gasteiger partial charge in [-0.15, -0.1) is 21.5 Å². The largest absolute Gasteiger partial charge is 0.360 e. The first-order chi connectivity index (χ1) is 8.56. The highest BCUT2D eigenvalue weighted by Crippen LogP contribution is 2.30. The fourth-order valence-electron chi connectivity index (χ4n) is 1.26. The molecule has 7 heteroatoms. The van der Waals surface area contributed by atoms with Crippen molar-refractivity contribution >= 4 is 32.9 Å². The molecule has 0 spiro atoms. The number of aromatic nitrogens is 3. The van der Waals surface area contributed by atoms with Gasteiger partial charge in [-0.25, -0.2) is 4.98 Å². The van der Waals surface area contributed by atoms with Crippen LogP contribution in [0.1, 0.15) is 13.8 Å². The molecule has 2 aromatic rings. The fraction of sp³-hybridized carbons (Fsp3) is 0.545. The molecule has 2 heterocycles. The normalized spacial score (nSPS) is 10.9. The highest BCUT2D eigenvalue weighted by Gasteiger charge is 2.11. The molecule has 0 fully saturated rings. The average molecular weight is 283 g/mol. The quantitative estimate of drug-likeness (QED) is 0.914. The predicted molar refractivity (Wildman–Crippen MR) is 78.7 cm³/mol. The van der Waals surface area contributed by atoms with Gasteiger partial charge in [-0.2, -0.15) is 0 Å². The molecule has 2 aromatic heterocycles. The minimum absolute atomic E-state index is 0.594. The average Bonchev–Trinajstić information content (AvgIpc) is 2.95. The molecule has 0 aromatic carbocycles. The summed E-state index contributed by atoms with van der Waals surface area (Å²) in [6.45, 7) is 5.24. The van der Waals surface area contributed by atoms with Crippen molar-refractivity contribution in [2.24, 2.45) is 5.92 Å². The lowest BCUT2D eigenvalue weighted by Gasteiger charge is -2.05. The molecule has 0 unspecified atom stereocenters. The number of hydrogen-bond acceptors (Lipinski definition) is 7. The summed E-state index contributed by atoms with van der Waals surface area (Å²) in [6.07, 6.45) is 0. The maximum atomic E-state index is 4.51. The lowest BCUT2D eigenvalue weighted by atomic mass is 10.2. The van der Waals surface area contributed by atoms with Crippen LogP contribution in [-0.4, -0.2) is 35.8 Å².